The van der Waals surface area contributed by atoms with Crippen molar-refractivity contribution in [3.63, 3.8) is 0 Å². The molecule has 8 nitrogen and oxygen atoms in total. The molecular weight excluding hydrogens is 408 g/mol. The maximum atomic E-state index is 13.2. The Hall–Kier alpha value is -2.71. The number of benzene rings is 1. The first-order valence-electron chi connectivity index (χ1n) is 11.4. The summed E-state index contributed by atoms with van der Waals surface area (Å²) in [4.78, 5) is 26.0. The van der Waals surface area contributed by atoms with Crippen LogP contribution in [-0.2, 0) is 10.3 Å². The summed E-state index contributed by atoms with van der Waals surface area (Å²) in [5.41, 5.74) is 0.410. The Balaban J connectivity index is 1.32. The van der Waals surface area contributed by atoms with Crippen LogP contribution in [0.25, 0.3) is 0 Å². The zero-order valence-electron chi connectivity index (χ0n) is 18.4. The molecule has 0 unspecified atom stereocenters. The molecule has 1 saturated carbocycles. The van der Waals surface area contributed by atoms with Gasteiger partial charge in [0, 0.05) is 44.5 Å². The number of fused-ring (bicyclic) bond motifs is 1. The Morgan fingerprint density at radius 2 is 2.00 bits per heavy atom. The van der Waals surface area contributed by atoms with Gasteiger partial charge < -0.3 is 24.4 Å². The average Bonchev–Trinajstić information content (AvgIpc) is 3.30. The van der Waals surface area contributed by atoms with Gasteiger partial charge >= 0.3 is 0 Å². The van der Waals surface area contributed by atoms with Gasteiger partial charge in [0.2, 0.25) is 5.95 Å². The molecule has 3 fully saturated rings. The monoisotopic (exact) mass is 438 g/mol. The van der Waals surface area contributed by atoms with Crippen molar-refractivity contribution in [3.05, 3.63) is 47.8 Å². The predicted octanol–water partition coefficient (Wildman–Crippen LogP) is 2.08. The van der Waals surface area contributed by atoms with E-state index in [1.165, 1.54) is 0 Å². The lowest BCUT2D eigenvalue weighted by Crippen LogP contribution is -2.43. The number of ether oxygens (including phenoxy) is 2. The number of aromatic nitrogens is 2. The molecule has 0 spiro atoms. The van der Waals surface area contributed by atoms with Crippen LogP contribution in [0.2, 0.25) is 0 Å². The van der Waals surface area contributed by atoms with E-state index in [4.69, 9.17) is 9.47 Å². The first-order valence-corrected chi connectivity index (χ1v) is 11.4. The number of carbonyl (C=O) groups is 1. The standard InChI is InChI=1S/C24H30N4O4/c1-31-20-6-2-5-19(12-20)24(30)7-3-4-17-15-28(16-21(17)24)22(29)18-13-25-23(26-14-18)27-8-10-32-11-9-27/h2,5-6,12-14,17,21,30H,3-4,7-11,15-16H2,1H3/t17-,21-,24-/m1/s1. The Labute approximate surface area is 188 Å². The van der Waals surface area contributed by atoms with Crippen molar-refractivity contribution in [2.24, 2.45) is 11.8 Å². The third-order valence-electron chi connectivity index (χ3n) is 7.22. The van der Waals surface area contributed by atoms with Crippen molar-refractivity contribution >= 4 is 11.9 Å². The average molecular weight is 439 g/mol. The molecule has 1 aromatic heterocycles. The van der Waals surface area contributed by atoms with E-state index in [0.29, 0.717) is 44.2 Å². The zero-order chi connectivity index (χ0) is 22.1. The van der Waals surface area contributed by atoms with E-state index < -0.39 is 5.60 Å². The Bertz CT molecular complexity index is 963. The van der Waals surface area contributed by atoms with Crippen LogP contribution in [0.4, 0.5) is 5.95 Å². The minimum absolute atomic E-state index is 0.000785. The van der Waals surface area contributed by atoms with Gasteiger partial charge in [0.1, 0.15) is 5.75 Å². The number of rotatable bonds is 4. The van der Waals surface area contributed by atoms with E-state index >= 15 is 0 Å². The summed E-state index contributed by atoms with van der Waals surface area (Å²) in [6.45, 7) is 4.02. The highest BCUT2D eigenvalue weighted by Crippen LogP contribution is 2.48. The van der Waals surface area contributed by atoms with Gasteiger partial charge in [-0.25, -0.2) is 9.97 Å². The Morgan fingerprint density at radius 1 is 1.22 bits per heavy atom. The number of nitrogens with zero attached hydrogens (tertiary/aromatic N) is 4. The maximum Gasteiger partial charge on any atom is 0.257 e. The second kappa shape index (κ2) is 8.67. The number of hydrogen-bond donors (Lipinski definition) is 1. The van der Waals surface area contributed by atoms with Crippen LogP contribution in [-0.4, -0.2) is 72.4 Å². The van der Waals surface area contributed by atoms with Gasteiger partial charge in [0.05, 0.1) is 31.5 Å². The van der Waals surface area contributed by atoms with Crippen molar-refractivity contribution < 1.29 is 19.4 Å². The quantitative estimate of drug-likeness (QED) is 0.782. The zero-order valence-corrected chi connectivity index (χ0v) is 18.4. The van der Waals surface area contributed by atoms with Crippen LogP contribution < -0.4 is 9.64 Å². The van der Waals surface area contributed by atoms with Crippen molar-refractivity contribution in [1.29, 1.82) is 0 Å². The van der Waals surface area contributed by atoms with E-state index in [0.717, 1.165) is 37.2 Å². The van der Waals surface area contributed by atoms with Gasteiger partial charge in [-0.3, -0.25) is 4.79 Å². The van der Waals surface area contributed by atoms with Crippen LogP contribution in [0.1, 0.15) is 35.2 Å². The van der Waals surface area contributed by atoms with Crippen molar-refractivity contribution in [2.45, 2.75) is 24.9 Å². The number of aliphatic hydroxyl groups is 1. The topological polar surface area (TPSA) is 88.0 Å². The number of carbonyl (C=O) groups excluding carboxylic acids is 1. The third-order valence-corrected chi connectivity index (χ3v) is 7.22. The van der Waals surface area contributed by atoms with E-state index in [2.05, 4.69) is 14.9 Å². The summed E-state index contributed by atoms with van der Waals surface area (Å²) in [7, 11) is 1.63. The molecule has 1 amide bonds. The van der Waals surface area contributed by atoms with Crippen LogP contribution >= 0.6 is 0 Å². The summed E-state index contributed by atoms with van der Waals surface area (Å²) in [6, 6.07) is 7.69. The lowest BCUT2D eigenvalue weighted by molar-refractivity contribution is -0.0645. The Morgan fingerprint density at radius 3 is 2.75 bits per heavy atom. The highest BCUT2D eigenvalue weighted by molar-refractivity contribution is 5.94. The minimum Gasteiger partial charge on any atom is -0.497 e. The van der Waals surface area contributed by atoms with Crippen molar-refractivity contribution in [3.8, 4) is 5.75 Å². The summed E-state index contributed by atoms with van der Waals surface area (Å²) in [5.74, 6) is 1.58. The van der Waals surface area contributed by atoms with Crippen LogP contribution in [0, 0.1) is 11.8 Å². The van der Waals surface area contributed by atoms with Gasteiger partial charge in [-0.1, -0.05) is 12.1 Å². The summed E-state index contributed by atoms with van der Waals surface area (Å²) >= 11 is 0. The lowest BCUT2D eigenvalue weighted by Gasteiger charge is -2.41. The Kier molecular flexibility index (Phi) is 5.73. The minimum atomic E-state index is -0.955. The van der Waals surface area contributed by atoms with Crippen LogP contribution in [0.5, 0.6) is 5.75 Å². The van der Waals surface area contributed by atoms with Crippen molar-refractivity contribution in [1.82, 2.24) is 14.9 Å². The third kappa shape index (κ3) is 3.82. The van der Waals surface area contributed by atoms with Gasteiger partial charge in [-0.05, 0) is 42.9 Å². The normalized spacial score (nSPS) is 27.8. The van der Waals surface area contributed by atoms with E-state index in [1.807, 2.05) is 29.2 Å². The van der Waals surface area contributed by atoms with E-state index in [-0.39, 0.29) is 17.7 Å². The molecule has 170 valence electrons. The summed E-state index contributed by atoms with van der Waals surface area (Å²) in [6.07, 6.45) is 5.90. The lowest BCUT2D eigenvalue weighted by atomic mass is 9.67. The smallest absolute Gasteiger partial charge is 0.257 e. The van der Waals surface area contributed by atoms with E-state index in [9.17, 15) is 9.90 Å². The van der Waals surface area contributed by atoms with Gasteiger partial charge in [-0.15, -0.1) is 0 Å². The highest BCUT2D eigenvalue weighted by atomic mass is 16.5. The second-order valence-electron chi connectivity index (χ2n) is 9.00. The largest absolute Gasteiger partial charge is 0.497 e. The molecule has 5 rings (SSSR count). The molecule has 1 N–H and O–H groups in total. The number of morpholine rings is 1. The molecule has 8 heteroatoms. The molecule has 0 radical (unpaired) electrons. The summed E-state index contributed by atoms with van der Waals surface area (Å²) in [5, 5.41) is 11.7. The van der Waals surface area contributed by atoms with E-state index in [1.54, 1.807) is 19.5 Å². The number of likely N-dealkylation sites (tertiary alicyclic amines) is 1. The molecule has 2 aliphatic heterocycles. The fraction of sp³-hybridized carbons (Fsp3) is 0.542. The molecule has 2 saturated heterocycles. The molecule has 3 atom stereocenters. The van der Waals surface area contributed by atoms with Crippen LogP contribution in [0.15, 0.2) is 36.7 Å². The first kappa shape index (κ1) is 21.2. The maximum absolute atomic E-state index is 13.2. The molecule has 3 aliphatic rings. The highest BCUT2D eigenvalue weighted by Gasteiger charge is 2.50. The number of hydrogen-bond acceptors (Lipinski definition) is 7. The van der Waals surface area contributed by atoms with Crippen molar-refractivity contribution in [2.75, 3.05) is 51.4 Å². The predicted molar refractivity (Wildman–Crippen MR) is 119 cm³/mol. The number of anilines is 1. The second-order valence-corrected chi connectivity index (χ2v) is 9.00. The molecule has 1 aromatic carbocycles. The number of amides is 1. The van der Waals surface area contributed by atoms with Gasteiger partial charge in [0.15, 0.2) is 0 Å². The van der Waals surface area contributed by atoms with Gasteiger partial charge in [0.25, 0.3) is 5.91 Å². The molecule has 3 heterocycles. The molecule has 2 aromatic rings. The van der Waals surface area contributed by atoms with Gasteiger partial charge in [-0.2, -0.15) is 0 Å². The fourth-order valence-electron chi connectivity index (χ4n) is 5.48. The molecule has 32 heavy (non-hydrogen) atoms. The molecular formula is C24H30N4O4. The fourth-order valence-corrected chi connectivity index (χ4v) is 5.48. The SMILES string of the molecule is COc1cccc([C@]2(O)CCC[C@@H]3CN(C(=O)c4cnc(N5CCOCC5)nc4)C[C@H]32)c1. The summed E-state index contributed by atoms with van der Waals surface area (Å²) < 4.78 is 10.7. The molecule has 1 aliphatic carbocycles. The molecule has 0 bridgehead atoms. The first-order chi connectivity index (χ1) is 15.6. The van der Waals surface area contributed by atoms with Crippen LogP contribution in [0.3, 0.4) is 0 Å². The number of methoxy groups -OCH3 is 1.